The second-order valence-electron chi connectivity index (χ2n) is 6.79. The molecular weight excluding hydrogens is 368 g/mol. The van der Waals surface area contributed by atoms with Crippen LogP contribution in [0.1, 0.15) is 18.1 Å². The number of hydrogen-bond donors (Lipinski definition) is 2. The minimum absolute atomic E-state index is 0.217. The first-order valence-electron chi connectivity index (χ1n) is 9.37. The Balaban J connectivity index is 1.46. The third-order valence-corrected chi connectivity index (χ3v) is 4.64. The van der Waals surface area contributed by atoms with E-state index in [1.807, 2.05) is 68.4 Å². The number of hydrazine groups is 1. The molecule has 0 aromatic heterocycles. The van der Waals surface area contributed by atoms with Crippen LogP contribution in [-0.2, 0) is 9.59 Å². The Morgan fingerprint density at radius 1 is 0.931 bits per heavy atom. The maximum absolute atomic E-state index is 12.2. The number of amides is 2. The Morgan fingerprint density at radius 3 is 2.48 bits per heavy atom. The molecule has 6 nitrogen and oxygen atoms in total. The van der Waals surface area contributed by atoms with Crippen molar-refractivity contribution in [2.75, 3.05) is 6.61 Å². The largest absolute Gasteiger partial charge is 0.484 e. The molecule has 150 valence electrons. The number of carbonyl (C=O) groups excluding carboxylic acids is 2. The van der Waals surface area contributed by atoms with Crippen LogP contribution in [0.4, 0.5) is 0 Å². The number of ether oxygens (including phenoxy) is 2. The predicted molar refractivity (Wildman–Crippen MR) is 112 cm³/mol. The number of rotatable bonds is 6. The Hall–Kier alpha value is -3.54. The molecule has 0 fully saturated rings. The minimum atomic E-state index is -0.766. The quantitative estimate of drug-likeness (QED) is 0.630. The third kappa shape index (κ3) is 5.25. The second kappa shape index (κ2) is 9.10. The number of nitrogens with one attached hydrogen (secondary N) is 2. The molecule has 0 aliphatic rings. The summed E-state index contributed by atoms with van der Waals surface area (Å²) in [6.45, 7) is 5.31. The van der Waals surface area contributed by atoms with Gasteiger partial charge in [-0.25, -0.2) is 0 Å². The lowest BCUT2D eigenvalue weighted by atomic mass is 10.1. The molecule has 3 rings (SSSR count). The lowest BCUT2D eigenvalue weighted by Gasteiger charge is -2.17. The first kappa shape index (κ1) is 20.2. The maximum atomic E-state index is 12.2. The van der Waals surface area contributed by atoms with Crippen molar-refractivity contribution in [2.45, 2.75) is 26.9 Å². The van der Waals surface area contributed by atoms with E-state index in [0.717, 1.165) is 21.9 Å². The summed E-state index contributed by atoms with van der Waals surface area (Å²) in [7, 11) is 0. The third-order valence-electron chi connectivity index (χ3n) is 4.64. The lowest BCUT2D eigenvalue weighted by Crippen LogP contribution is -2.48. The molecule has 3 aromatic rings. The van der Waals surface area contributed by atoms with Crippen molar-refractivity contribution in [2.24, 2.45) is 0 Å². The Kier molecular flexibility index (Phi) is 6.34. The van der Waals surface area contributed by atoms with Gasteiger partial charge in [-0.2, -0.15) is 0 Å². The molecule has 3 aromatic carbocycles. The van der Waals surface area contributed by atoms with Gasteiger partial charge in [0, 0.05) is 0 Å². The number of benzene rings is 3. The van der Waals surface area contributed by atoms with Crippen molar-refractivity contribution >= 4 is 22.6 Å². The van der Waals surface area contributed by atoms with Gasteiger partial charge in [-0.1, -0.05) is 42.5 Å². The Bertz CT molecular complexity index is 1030. The molecule has 6 heteroatoms. The zero-order valence-corrected chi connectivity index (χ0v) is 16.7. The summed E-state index contributed by atoms with van der Waals surface area (Å²) in [6, 6.07) is 19.1. The monoisotopic (exact) mass is 392 g/mol. The van der Waals surface area contributed by atoms with Crippen molar-refractivity contribution in [3.05, 3.63) is 71.8 Å². The van der Waals surface area contributed by atoms with Gasteiger partial charge in [0.1, 0.15) is 11.5 Å². The van der Waals surface area contributed by atoms with Gasteiger partial charge >= 0.3 is 0 Å². The standard InChI is InChI=1S/C23H24N2O4/c1-15-7-6-10-21(16(15)2)29-17(3)23(27)25-24-22(26)14-28-20-12-11-18-8-4-5-9-19(18)13-20/h4-13,17H,14H2,1-3H3,(H,24,26)(H,25,27). The van der Waals surface area contributed by atoms with Crippen LogP contribution in [0.2, 0.25) is 0 Å². The van der Waals surface area contributed by atoms with Gasteiger partial charge in [0.2, 0.25) is 0 Å². The van der Waals surface area contributed by atoms with Crippen LogP contribution in [-0.4, -0.2) is 24.5 Å². The van der Waals surface area contributed by atoms with Gasteiger partial charge in [0.25, 0.3) is 11.8 Å². The molecule has 2 amide bonds. The summed E-state index contributed by atoms with van der Waals surface area (Å²) in [4.78, 5) is 24.1. The highest BCUT2D eigenvalue weighted by molar-refractivity contribution is 5.86. The highest BCUT2D eigenvalue weighted by atomic mass is 16.5. The van der Waals surface area contributed by atoms with E-state index >= 15 is 0 Å². The summed E-state index contributed by atoms with van der Waals surface area (Å²) in [5, 5.41) is 2.12. The smallest absolute Gasteiger partial charge is 0.279 e. The van der Waals surface area contributed by atoms with Crippen LogP contribution in [0.5, 0.6) is 11.5 Å². The topological polar surface area (TPSA) is 76.7 Å². The average Bonchev–Trinajstić information content (AvgIpc) is 2.73. The average molecular weight is 392 g/mol. The number of aryl methyl sites for hydroxylation is 1. The molecule has 0 radical (unpaired) electrons. The second-order valence-corrected chi connectivity index (χ2v) is 6.79. The van der Waals surface area contributed by atoms with E-state index in [1.54, 1.807) is 13.0 Å². The minimum Gasteiger partial charge on any atom is -0.484 e. The van der Waals surface area contributed by atoms with E-state index < -0.39 is 17.9 Å². The molecule has 1 unspecified atom stereocenters. The van der Waals surface area contributed by atoms with E-state index in [-0.39, 0.29) is 6.61 Å². The van der Waals surface area contributed by atoms with E-state index in [0.29, 0.717) is 11.5 Å². The Morgan fingerprint density at radius 2 is 1.69 bits per heavy atom. The van der Waals surface area contributed by atoms with E-state index in [9.17, 15) is 9.59 Å². The summed E-state index contributed by atoms with van der Waals surface area (Å²) >= 11 is 0. The van der Waals surface area contributed by atoms with Gasteiger partial charge in [-0.3, -0.25) is 20.4 Å². The van der Waals surface area contributed by atoms with Gasteiger partial charge in [0.05, 0.1) is 0 Å². The molecule has 0 saturated heterocycles. The molecule has 0 spiro atoms. The highest BCUT2D eigenvalue weighted by Gasteiger charge is 2.17. The fourth-order valence-electron chi connectivity index (χ4n) is 2.77. The number of carbonyl (C=O) groups is 2. The van der Waals surface area contributed by atoms with E-state index in [2.05, 4.69) is 10.9 Å². The summed E-state index contributed by atoms with van der Waals surface area (Å²) in [5.74, 6) is 0.297. The number of fused-ring (bicyclic) bond motifs is 1. The summed E-state index contributed by atoms with van der Waals surface area (Å²) in [6.07, 6.45) is -0.766. The predicted octanol–water partition coefficient (Wildman–Crippen LogP) is 3.45. The van der Waals surface area contributed by atoms with Crippen LogP contribution in [0.25, 0.3) is 10.8 Å². The van der Waals surface area contributed by atoms with Crippen molar-refractivity contribution < 1.29 is 19.1 Å². The van der Waals surface area contributed by atoms with Crippen molar-refractivity contribution in [1.29, 1.82) is 0 Å². The number of hydrogen-bond acceptors (Lipinski definition) is 4. The lowest BCUT2D eigenvalue weighted by molar-refractivity contribution is -0.133. The van der Waals surface area contributed by atoms with E-state index in [1.165, 1.54) is 0 Å². The molecule has 0 aliphatic heterocycles. The van der Waals surface area contributed by atoms with Crippen molar-refractivity contribution in [3.8, 4) is 11.5 Å². The highest BCUT2D eigenvalue weighted by Crippen LogP contribution is 2.22. The fourth-order valence-corrected chi connectivity index (χ4v) is 2.77. The SMILES string of the molecule is Cc1cccc(OC(C)C(=O)NNC(=O)COc2ccc3ccccc3c2)c1C. The summed E-state index contributed by atoms with van der Waals surface area (Å²) < 4.78 is 11.2. The first-order valence-corrected chi connectivity index (χ1v) is 9.37. The molecule has 29 heavy (non-hydrogen) atoms. The zero-order valence-electron chi connectivity index (χ0n) is 16.7. The van der Waals surface area contributed by atoms with Crippen LogP contribution in [0.15, 0.2) is 60.7 Å². The van der Waals surface area contributed by atoms with Gasteiger partial charge in [-0.15, -0.1) is 0 Å². The fraction of sp³-hybridized carbons (Fsp3) is 0.217. The van der Waals surface area contributed by atoms with Gasteiger partial charge in [-0.05, 0) is 60.9 Å². The first-order chi connectivity index (χ1) is 13.9. The molecular formula is C23H24N2O4. The van der Waals surface area contributed by atoms with Crippen LogP contribution in [0.3, 0.4) is 0 Å². The van der Waals surface area contributed by atoms with Crippen LogP contribution < -0.4 is 20.3 Å². The van der Waals surface area contributed by atoms with E-state index in [4.69, 9.17) is 9.47 Å². The van der Waals surface area contributed by atoms with Crippen molar-refractivity contribution in [1.82, 2.24) is 10.9 Å². The molecule has 1 atom stereocenters. The molecule has 0 bridgehead atoms. The molecule has 0 saturated carbocycles. The molecule has 2 N–H and O–H groups in total. The maximum Gasteiger partial charge on any atom is 0.279 e. The van der Waals surface area contributed by atoms with Gasteiger partial charge < -0.3 is 9.47 Å². The van der Waals surface area contributed by atoms with Crippen LogP contribution >= 0.6 is 0 Å². The Labute approximate surface area is 169 Å². The molecule has 0 aliphatic carbocycles. The normalized spacial score (nSPS) is 11.6. The molecule has 0 heterocycles. The van der Waals surface area contributed by atoms with Crippen molar-refractivity contribution in [3.63, 3.8) is 0 Å². The zero-order chi connectivity index (χ0) is 20.8. The van der Waals surface area contributed by atoms with Gasteiger partial charge in [0.15, 0.2) is 12.7 Å². The summed E-state index contributed by atoms with van der Waals surface area (Å²) in [5.41, 5.74) is 6.75. The van der Waals surface area contributed by atoms with Crippen LogP contribution in [0, 0.1) is 13.8 Å².